The van der Waals surface area contributed by atoms with Gasteiger partial charge in [0.25, 0.3) is 0 Å². The Hall–Kier alpha value is -1.21. The Morgan fingerprint density at radius 2 is 0.746 bits per heavy atom. The number of ether oxygens (including phenoxy) is 2. The van der Waals surface area contributed by atoms with Crippen molar-refractivity contribution in [1.29, 1.82) is 0 Å². The monoisotopic (exact) mass is 949 g/mol. The Morgan fingerprint density at radius 1 is 0.458 bits per heavy atom. The molecule has 0 bridgehead atoms. The van der Waals surface area contributed by atoms with Crippen LogP contribution in [0.3, 0.4) is 0 Å². The predicted molar refractivity (Wildman–Crippen MR) is 238 cm³/mol. The number of unbranched alkanes of at least 4 members (excludes halogenated alkanes) is 18. The fourth-order valence-corrected chi connectivity index (χ4v) is 7.26. The molecule has 0 saturated carbocycles. The summed E-state index contributed by atoms with van der Waals surface area (Å²) < 4.78 is 12.2. The minimum Gasteiger partial charge on any atom is -0.550 e. The van der Waals surface area contributed by atoms with Gasteiger partial charge in [0.15, 0.2) is 0 Å². The molecule has 4 unspecified atom stereocenters. The second-order valence-electron chi connectivity index (χ2n) is 16.3. The SMILES string of the molecule is CCCCCCC(O)C(CCCCCCCCCC(=O)[O-])OCc1ccccc1.CCCCCCC(O)C(CCCCCCCCCC(=O)[O-])OCc1ccccc1.[Ba+2]. The van der Waals surface area contributed by atoms with Crippen molar-refractivity contribution < 1.29 is 39.5 Å². The van der Waals surface area contributed by atoms with E-state index in [1.54, 1.807) is 0 Å². The van der Waals surface area contributed by atoms with E-state index in [4.69, 9.17) is 9.47 Å². The maximum atomic E-state index is 10.7. The molecular formula is C50H82BaO8. The van der Waals surface area contributed by atoms with Gasteiger partial charge in [-0.05, 0) is 62.5 Å². The second kappa shape index (κ2) is 42.1. The van der Waals surface area contributed by atoms with Crippen molar-refractivity contribution in [2.75, 3.05) is 0 Å². The van der Waals surface area contributed by atoms with Crippen molar-refractivity contribution in [2.45, 2.75) is 231 Å². The number of carboxylic acid groups (broad SMARTS) is 2. The van der Waals surface area contributed by atoms with Gasteiger partial charge in [-0.2, -0.15) is 0 Å². The molecule has 0 fully saturated rings. The van der Waals surface area contributed by atoms with Gasteiger partial charge in [0.05, 0.1) is 37.6 Å². The van der Waals surface area contributed by atoms with Crippen LogP contribution in [0.2, 0.25) is 0 Å². The predicted octanol–water partition coefficient (Wildman–Crippen LogP) is 9.95. The van der Waals surface area contributed by atoms with Crippen molar-refractivity contribution in [1.82, 2.24) is 0 Å². The zero-order valence-electron chi connectivity index (χ0n) is 37.3. The molecule has 2 aromatic rings. The van der Waals surface area contributed by atoms with Crippen molar-refractivity contribution in [3.8, 4) is 0 Å². The number of aliphatic hydroxyl groups excluding tert-OH is 2. The van der Waals surface area contributed by atoms with Gasteiger partial charge in [0, 0.05) is 11.9 Å². The minimum atomic E-state index is -0.945. The van der Waals surface area contributed by atoms with Gasteiger partial charge >= 0.3 is 48.9 Å². The van der Waals surface area contributed by atoms with E-state index in [1.165, 1.54) is 38.5 Å². The molecule has 0 radical (unpaired) electrons. The average Bonchev–Trinajstić information content (AvgIpc) is 3.22. The normalized spacial score (nSPS) is 13.1. The number of hydrogen-bond donors (Lipinski definition) is 2. The largest absolute Gasteiger partial charge is 2.00 e. The van der Waals surface area contributed by atoms with Gasteiger partial charge < -0.3 is 39.5 Å². The molecule has 59 heavy (non-hydrogen) atoms. The van der Waals surface area contributed by atoms with Crippen LogP contribution >= 0.6 is 0 Å². The van der Waals surface area contributed by atoms with Gasteiger partial charge in [-0.3, -0.25) is 0 Å². The molecule has 2 aromatic carbocycles. The number of carbonyl (C=O) groups is 2. The Bertz CT molecular complexity index is 1110. The van der Waals surface area contributed by atoms with E-state index in [9.17, 15) is 30.0 Å². The molecule has 0 aliphatic rings. The van der Waals surface area contributed by atoms with Crippen LogP contribution in [-0.4, -0.2) is 95.4 Å². The number of aliphatic carboxylic acids is 2. The van der Waals surface area contributed by atoms with Crippen molar-refractivity contribution in [2.24, 2.45) is 0 Å². The summed E-state index contributed by atoms with van der Waals surface area (Å²) in [6, 6.07) is 20.3. The fourth-order valence-electron chi connectivity index (χ4n) is 7.26. The molecule has 8 nitrogen and oxygen atoms in total. The summed E-state index contributed by atoms with van der Waals surface area (Å²) in [7, 11) is 0. The number of carbonyl (C=O) groups excluding carboxylic acids is 2. The van der Waals surface area contributed by atoms with Gasteiger partial charge in [-0.25, -0.2) is 0 Å². The Labute approximate surface area is 400 Å². The Morgan fingerprint density at radius 3 is 1.07 bits per heavy atom. The topological polar surface area (TPSA) is 139 Å². The summed E-state index contributed by atoms with van der Waals surface area (Å²) in [4.78, 5) is 20.8. The third-order valence-electron chi connectivity index (χ3n) is 10.9. The summed E-state index contributed by atoms with van der Waals surface area (Å²) >= 11 is 0. The molecule has 332 valence electrons. The number of benzene rings is 2. The molecule has 0 saturated heterocycles. The molecule has 0 aliphatic heterocycles. The van der Waals surface area contributed by atoms with Crippen LogP contribution in [0.25, 0.3) is 0 Å². The van der Waals surface area contributed by atoms with E-state index in [1.807, 2.05) is 36.4 Å². The van der Waals surface area contributed by atoms with Crippen LogP contribution in [-0.2, 0) is 32.3 Å². The van der Waals surface area contributed by atoms with Gasteiger partial charge in [0.2, 0.25) is 0 Å². The van der Waals surface area contributed by atoms with Gasteiger partial charge in [-0.15, -0.1) is 0 Å². The summed E-state index contributed by atoms with van der Waals surface area (Å²) in [6.07, 6.45) is 26.7. The van der Waals surface area contributed by atoms with Crippen LogP contribution < -0.4 is 10.2 Å². The van der Waals surface area contributed by atoms with Crippen molar-refractivity contribution in [3.05, 3.63) is 71.8 Å². The van der Waals surface area contributed by atoms with Crippen LogP contribution in [0.5, 0.6) is 0 Å². The summed E-state index contributed by atoms with van der Waals surface area (Å²) in [6.45, 7) is 5.50. The van der Waals surface area contributed by atoms with E-state index in [0.29, 0.717) is 13.2 Å². The molecule has 0 amide bonds. The molecule has 0 spiro atoms. The second-order valence-corrected chi connectivity index (χ2v) is 16.3. The molecule has 2 N–H and O–H groups in total. The number of hydrogen-bond acceptors (Lipinski definition) is 8. The summed E-state index contributed by atoms with van der Waals surface area (Å²) in [5.74, 6) is -1.89. The molecule has 0 heterocycles. The number of carboxylic acids is 2. The number of aliphatic hydroxyl groups is 2. The summed E-state index contributed by atoms with van der Waals surface area (Å²) in [5.41, 5.74) is 2.29. The van der Waals surface area contributed by atoms with Crippen LogP contribution in [0.4, 0.5) is 0 Å². The van der Waals surface area contributed by atoms with E-state index in [2.05, 4.69) is 38.1 Å². The van der Waals surface area contributed by atoms with Crippen molar-refractivity contribution >= 4 is 60.8 Å². The van der Waals surface area contributed by atoms with E-state index in [-0.39, 0.29) is 86.1 Å². The summed E-state index contributed by atoms with van der Waals surface area (Å²) in [5, 5.41) is 42.1. The first kappa shape index (κ1) is 57.8. The fraction of sp³-hybridized carbons (Fsp3) is 0.720. The molecule has 4 atom stereocenters. The molecule has 9 heteroatoms. The van der Waals surface area contributed by atoms with E-state index >= 15 is 0 Å². The number of rotatable bonds is 38. The van der Waals surface area contributed by atoms with Crippen LogP contribution in [0.1, 0.15) is 205 Å². The van der Waals surface area contributed by atoms with Crippen LogP contribution in [0, 0.1) is 0 Å². The molecular weight excluding hydrogens is 866 g/mol. The maximum Gasteiger partial charge on any atom is 2.00 e. The smallest absolute Gasteiger partial charge is 0.550 e. The van der Waals surface area contributed by atoms with E-state index in [0.717, 1.165) is 140 Å². The zero-order valence-corrected chi connectivity index (χ0v) is 41.8. The maximum absolute atomic E-state index is 10.7. The first-order chi connectivity index (χ1) is 28.3. The standard InChI is InChI=1S/2C25H42O4.Ba/c2*1-2-3-4-13-18-23(26)24(29-21-22-16-11-10-12-17-22)19-14-8-6-5-7-9-15-20-25(27)28;/h2*10-12,16-17,23-24,26H,2-9,13-15,18-21H2,1H3,(H,27,28);/q;;+2/p-2. The third kappa shape index (κ3) is 36.0. The third-order valence-corrected chi connectivity index (χ3v) is 10.9. The Kier molecular flexibility index (Phi) is 41.2. The zero-order chi connectivity index (χ0) is 42.3. The minimum absolute atomic E-state index is 0. The van der Waals surface area contributed by atoms with Crippen LogP contribution in [0.15, 0.2) is 60.7 Å². The van der Waals surface area contributed by atoms with Gasteiger partial charge in [-0.1, -0.05) is 203 Å². The first-order valence-electron chi connectivity index (χ1n) is 23.3. The molecule has 2 rings (SSSR count). The molecule has 0 aliphatic carbocycles. The quantitative estimate of drug-likeness (QED) is 0.0501. The van der Waals surface area contributed by atoms with Crippen molar-refractivity contribution in [3.63, 3.8) is 0 Å². The Balaban J connectivity index is 0.00000112. The van der Waals surface area contributed by atoms with Gasteiger partial charge in [0.1, 0.15) is 0 Å². The first-order valence-corrected chi connectivity index (χ1v) is 23.3. The molecule has 0 aromatic heterocycles. The van der Waals surface area contributed by atoms with E-state index < -0.39 is 11.9 Å². The average molecular weight is 949 g/mol.